The van der Waals surface area contributed by atoms with Crippen LogP contribution in [0.3, 0.4) is 0 Å². The topological polar surface area (TPSA) is 90.6 Å². The van der Waals surface area contributed by atoms with E-state index in [-0.39, 0.29) is 17.2 Å². The second-order valence-electron chi connectivity index (χ2n) is 4.76. The summed E-state index contributed by atoms with van der Waals surface area (Å²) in [6.45, 7) is 2.37. The van der Waals surface area contributed by atoms with E-state index < -0.39 is 0 Å². The molecule has 3 rings (SSSR count). The molecule has 0 spiro atoms. The van der Waals surface area contributed by atoms with Crippen LogP contribution in [0.15, 0.2) is 41.2 Å². The Morgan fingerprint density at radius 2 is 2.05 bits per heavy atom. The van der Waals surface area contributed by atoms with Crippen LogP contribution in [-0.4, -0.2) is 21.1 Å². The Hall–Kier alpha value is -2.89. The summed E-state index contributed by atoms with van der Waals surface area (Å²) in [6, 6.07) is 10.6. The number of amides is 1. The molecule has 6 nitrogen and oxygen atoms in total. The number of nitrogens with zero attached hydrogens (tertiary/aromatic N) is 1. The van der Waals surface area contributed by atoms with E-state index in [1.807, 2.05) is 31.2 Å². The number of aromatic nitrogens is 3. The molecule has 6 heteroatoms. The number of hydrogen-bond donors (Lipinski definition) is 3. The second-order valence-corrected chi connectivity index (χ2v) is 4.76. The van der Waals surface area contributed by atoms with Gasteiger partial charge in [-0.1, -0.05) is 18.2 Å². The standard InChI is InChI=1S/C15H14N4O2/c1-9-11(10-4-2-3-5-12(10)17-9)8-16-15(21)13-6-7-14(20)19-18-13/h2-7,17H,8H2,1H3,(H,16,21)(H,19,20). The van der Waals surface area contributed by atoms with E-state index in [1.165, 1.54) is 12.1 Å². The predicted octanol–water partition coefficient (Wildman–Crippen LogP) is 1.49. The Morgan fingerprint density at radius 3 is 2.81 bits per heavy atom. The van der Waals surface area contributed by atoms with Gasteiger partial charge in [-0.3, -0.25) is 9.59 Å². The maximum absolute atomic E-state index is 12.0. The quantitative estimate of drug-likeness (QED) is 0.679. The van der Waals surface area contributed by atoms with Gasteiger partial charge in [0.25, 0.3) is 11.5 Å². The lowest BCUT2D eigenvalue weighted by Crippen LogP contribution is -2.25. The molecule has 0 fully saturated rings. The molecule has 0 aliphatic rings. The van der Waals surface area contributed by atoms with Gasteiger partial charge >= 0.3 is 0 Å². The molecule has 106 valence electrons. The van der Waals surface area contributed by atoms with Gasteiger partial charge < -0.3 is 10.3 Å². The first-order valence-electron chi connectivity index (χ1n) is 6.55. The first-order valence-corrected chi connectivity index (χ1v) is 6.55. The van der Waals surface area contributed by atoms with Crippen LogP contribution in [0, 0.1) is 6.92 Å². The fraction of sp³-hybridized carbons (Fsp3) is 0.133. The minimum absolute atomic E-state index is 0.187. The summed E-state index contributed by atoms with van der Waals surface area (Å²) in [5.74, 6) is -0.323. The number of benzene rings is 1. The van der Waals surface area contributed by atoms with Crippen LogP contribution < -0.4 is 10.9 Å². The molecule has 0 aliphatic heterocycles. The number of hydrogen-bond acceptors (Lipinski definition) is 3. The van der Waals surface area contributed by atoms with Gasteiger partial charge in [0.15, 0.2) is 0 Å². The minimum Gasteiger partial charge on any atom is -0.358 e. The molecule has 21 heavy (non-hydrogen) atoms. The highest BCUT2D eigenvalue weighted by Gasteiger charge is 2.11. The zero-order valence-electron chi connectivity index (χ0n) is 11.4. The molecule has 2 aromatic heterocycles. The van der Waals surface area contributed by atoms with Crippen molar-refractivity contribution in [1.82, 2.24) is 20.5 Å². The monoisotopic (exact) mass is 282 g/mol. The van der Waals surface area contributed by atoms with Gasteiger partial charge in [0.1, 0.15) is 5.69 Å². The van der Waals surface area contributed by atoms with Gasteiger partial charge in [0.2, 0.25) is 0 Å². The van der Waals surface area contributed by atoms with Crippen LogP contribution in [-0.2, 0) is 6.54 Å². The Labute approximate surface area is 120 Å². The Morgan fingerprint density at radius 1 is 1.24 bits per heavy atom. The number of para-hydroxylation sites is 1. The maximum atomic E-state index is 12.0. The summed E-state index contributed by atoms with van der Waals surface area (Å²) in [5, 5.41) is 9.85. The summed E-state index contributed by atoms with van der Waals surface area (Å²) >= 11 is 0. The maximum Gasteiger partial charge on any atom is 0.271 e. The summed E-state index contributed by atoms with van der Waals surface area (Å²) in [7, 11) is 0. The lowest BCUT2D eigenvalue weighted by atomic mass is 10.1. The van der Waals surface area contributed by atoms with Crippen molar-refractivity contribution in [2.24, 2.45) is 0 Å². The molecule has 0 bridgehead atoms. The molecule has 0 atom stereocenters. The summed E-state index contributed by atoms with van der Waals surface area (Å²) in [5.41, 5.74) is 2.96. The largest absolute Gasteiger partial charge is 0.358 e. The fourth-order valence-corrected chi connectivity index (χ4v) is 2.29. The van der Waals surface area contributed by atoms with Gasteiger partial charge in [-0.05, 0) is 24.6 Å². The van der Waals surface area contributed by atoms with Crippen molar-refractivity contribution < 1.29 is 4.79 Å². The molecule has 0 unspecified atom stereocenters. The number of aryl methyl sites for hydroxylation is 1. The summed E-state index contributed by atoms with van der Waals surface area (Å²) in [4.78, 5) is 26.2. The number of carbonyl (C=O) groups is 1. The van der Waals surface area contributed by atoms with E-state index in [2.05, 4.69) is 20.5 Å². The molecule has 3 aromatic rings. The second kappa shape index (κ2) is 5.24. The molecule has 0 saturated carbocycles. The van der Waals surface area contributed by atoms with Gasteiger partial charge in [0, 0.05) is 29.2 Å². The van der Waals surface area contributed by atoms with Crippen LogP contribution in [0.5, 0.6) is 0 Å². The fourth-order valence-electron chi connectivity index (χ4n) is 2.29. The Kier molecular flexibility index (Phi) is 3.27. The van der Waals surface area contributed by atoms with Gasteiger partial charge in [-0.25, -0.2) is 5.10 Å². The normalized spacial score (nSPS) is 10.7. The van der Waals surface area contributed by atoms with Crippen molar-refractivity contribution in [3.63, 3.8) is 0 Å². The number of fused-ring (bicyclic) bond motifs is 1. The predicted molar refractivity (Wildman–Crippen MR) is 79.1 cm³/mol. The lowest BCUT2D eigenvalue weighted by Gasteiger charge is -2.04. The van der Waals surface area contributed by atoms with Crippen LogP contribution in [0.4, 0.5) is 0 Å². The molecule has 3 N–H and O–H groups in total. The molecule has 2 heterocycles. The first kappa shape index (κ1) is 13.1. The minimum atomic E-state index is -0.334. The molecular formula is C15H14N4O2. The van der Waals surface area contributed by atoms with E-state index in [0.29, 0.717) is 6.54 Å². The summed E-state index contributed by atoms with van der Waals surface area (Å²) in [6.07, 6.45) is 0. The third-order valence-electron chi connectivity index (χ3n) is 3.36. The highest BCUT2D eigenvalue weighted by Crippen LogP contribution is 2.21. The van der Waals surface area contributed by atoms with Crippen molar-refractivity contribution >= 4 is 16.8 Å². The Balaban J connectivity index is 1.80. The van der Waals surface area contributed by atoms with Crippen LogP contribution >= 0.6 is 0 Å². The third-order valence-corrected chi connectivity index (χ3v) is 3.36. The summed E-state index contributed by atoms with van der Waals surface area (Å²) < 4.78 is 0. The van der Waals surface area contributed by atoms with Crippen LogP contribution in [0.1, 0.15) is 21.7 Å². The van der Waals surface area contributed by atoms with Gasteiger partial charge in [-0.15, -0.1) is 0 Å². The highest BCUT2D eigenvalue weighted by atomic mass is 16.2. The SMILES string of the molecule is Cc1[nH]c2ccccc2c1CNC(=O)c1ccc(=O)[nH]n1. The molecular weight excluding hydrogens is 268 g/mol. The number of rotatable bonds is 3. The molecule has 0 radical (unpaired) electrons. The van der Waals surface area contributed by atoms with Crippen LogP contribution in [0.2, 0.25) is 0 Å². The van der Waals surface area contributed by atoms with Crippen molar-refractivity contribution in [2.75, 3.05) is 0 Å². The number of nitrogens with one attached hydrogen (secondary N) is 3. The molecule has 1 aromatic carbocycles. The number of aromatic amines is 2. The van der Waals surface area contributed by atoms with E-state index in [4.69, 9.17) is 0 Å². The average molecular weight is 282 g/mol. The van der Waals surface area contributed by atoms with Crippen molar-refractivity contribution in [3.8, 4) is 0 Å². The smallest absolute Gasteiger partial charge is 0.271 e. The van der Waals surface area contributed by atoms with Crippen molar-refractivity contribution in [2.45, 2.75) is 13.5 Å². The van der Waals surface area contributed by atoms with E-state index in [0.717, 1.165) is 22.2 Å². The van der Waals surface area contributed by atoms with E-state index in [9.17, 15) is 9.59 Å². The molecule has 1 amide bonds. The zero-order chi connectivity index (χ0) is 14.8. The lowest BCUT2D eigenvalue weighted by molar-refractivity contribution is 0.0945. The third kappa shape index (κ3) is 2.55. The number of H-pyrrole nitrogens is 2. The first-order chi connectivity index (χ1) is 10.1. The molecule has 0 saturated heterocycles. The van der Waals surface area contributed by atoms with Crippen LogP contribution in [0.25, 0.3) is 10.9 Å². The zero-order valence-corrected chi connectivity index (χ0v) is 11.4. The van der Waals surface area contributed by atoms with Crippen molar-refractivity contribution in [1.29, 1.82) is 0 Å². The van der Waals surface area contributed by atoms with Crippen molar-refractivity contribution in [3.05, 3.63) is 63.7 Å². The average Bonchev–Trinajstić information content (AvgIpc) is 2.81. The van der Waals surface area contributed by atoms with Gasteiger partial charge in [-0.2, -0.15) is 5.10 Å². The number of carbonyl (C=O) groups excluding carboxylic acids is 1. The van der Waals surface area contributed by atoms with Gasteiger partial charge in [0.05, 0.1) is 0 Å². The highest BCUT2D eigenvalue weighted by molar-refractivity contribution is 5.92. The Bertz CT molecular complexity index is 843. The molecule has 0 aliphatic carbocycles. The van der Waals surface area contributed by atoms with E-state index in [1.54, 1.807) is 0 Å². The van der Waals surface area contributed by atoms with E-state index >= 15 is 0 Å².